The molecule has 1 heterocycles. The van der Waals surface area contributed by atoms with Gasteiger partial charge in [-0.15, -0.1) is 0 Å². The highest BCUT2D eigenvalue weighted by Crippen LogP contribution is 2.19. The Hall–Kier alpha value is -0.810. The molecule has 1 saturated heterocycles. The van der Waals surface area contributed by atoms with Gasteiger partial charge in [0.05, 0.1) is 38.1 Å². The normalized spacial score (nSPS) is 25.2. The molecule has 36 heavy (non-hydrogen) atoms. The van der Waals surface area contributed by atoms with Gasteiger partial charge in [-0.05, 0) is 13.3 Å². The Labute approximate surface area is 217 Å². The van der Waals surface area contributed by atoms with Crippen LogP contribution in [0.1, 0.15) is 104 Å². The van der Waals surface area contributed by atoms with E-state index in [2.05, 4.69) is 12.2 Å². The molecule has 0 bridgehead atoms. The highest BCUT2D eigenvalue weighted by molar-refractivity contribution is 5.73. The second kappa shape index (κ2) is 20.2. The van der Waals surface area contributed by atoms with Crippen LogP contribution in [0.3, 0.4) is 0 Å². The maximum Gasteiger partial charge on any atom is 0.217 e. The maximum absolute atomic E-state index is 11.7. The lowest BCUT2D eigenvalue weighted by Crippen LogP contribution is -2.52. The molecule has 7 atom stereocenters. The van der Waals surface area contributed by atoms with Gasteiger partial charge >= 0.3 is 0 Å². The Balaban J connectivity index is 2.34. The monoisotopic (exact) mass is 519 g/mol. The molecule has 0 radical (unpaired) electrons. The van der Waals surface area contributed by atoms with Crippen LogP contribution in [0.15, 0.2) is 0 Å². The fraction of sp³-hybridized carbons (Fsp3) is 0.963. The molecule has 0 aromatic rings. The Morgan fingerprint density at radius 1 is 1.00 bits per heavy atom. The summed E-state index contributed by atoms with van der Waals surface area (Å²) in [6.45, 7) is 4.93. The Bertz CT molecular complexity index is 552. The van der Waals surface area contributed by atoms with Gasteiger partial charge in [-0.2, -0.15) is 0 Å². The Kier molecular flexibility index (Phi) is 18.6. The van der Waals surface area contributed by atoms with Gasteiger partial charge in [0.1, 0.15) is 18.3 Å². The van der Waals surface area contributed by atoms with Gasteiger partial charge in [-0.25, -0.2) is 0 Å². The number of rotatable bonds is 20. The average molecular weight is 520 g/mol. The first-order chi connectivity index (χ1) is 17.3. The van der Waals surface area contributed by atoms with Crippen LogP contribution in [0.5, 0.6) is 0 Å². The van der Waals surface area contributed by atoms with E-state index in [1.54, 1.807) is 6.92 Å². The number of carbonyl (C=O) groups excluding carboxylic acids is 1. The summed E-state index contributed by atoms with van der Waals surface area (Å²) in [5.74, 6) is -0.368. The smallest absolute Gasteiger partial charge is 0.217 e. The SMILES string of the molecule is CCCCCCCCCCCCCC[C@@H](O)C(O)[C@H](CO[C@H]1OC(C)CO[C@H](CO)C1O)NC(C)=O. The van der Waals surface area contributed by atoms with Crippen molar-refractivity contribution in [2.24, 2.45) is 0 Å². The van der Waals surface area contributed by atoms with Crippen LogP contribution in [0, 0.1) is 0 Å². The van der Waals surface area contributed by atoms with E-state index in [1.165, 1.54) is 64.7 Å². The van der Waals surface area contributed by atoms with Crippen LogP contribution in [0.4, 0.5) is 0 Å². The van der Waals surface area contributed by atoms with Crippen molar-refractivity contribution in [3.05, 3.63) is 0 Å². The number of hydrogen-bond acceptors (Lipinski definition) is 8. The molecular formula is C27H53NO8. The highest BCUT2D eigenvalue weighted by atomic mass is 16.7. The molecule has 0 spiro atoms. The summed E-state index contributed by atoms with van der Waals surface area (Å²) in [4.78, 5) is 11.7. The van der Waals surface area contributed by atoms with Crippen LogP contribution in [0.25, 0.3) is 0 Å². The first-order valence-electron chi connectivity index (χ1n) is 14.1. The Morgan fingerprint density at radius 3 is 2.08 bits per heavy atom. The minimum Gasteiger partial charge on any atom is -0.394 e. The molecule has 0 aromatic heterocycles. The second-order valence-corrected chi connectivity index (χ2v) is 10.2. The third kappa shape index (κ3) is 14.2. The van der Waals surface area contributed by atoms with Crippen molar-refractivity contribution in [1.29, 1.82) is 0 Å². The lowest BCUT2D eigenvalue weighted by molar-refractivity contribution is -0.217. The first kappa shape index (κ1) is 33.2. The molecule has 1 aliphatic rings. The van der Waals surface area contributed by atoms with Crippen LogP contribution in [-0.4, -0.2) is 89.0 Å². The largest absolute Gasteiger partial charge is 0.394 e. The van der Waals surface area contributed by atoms with Gasteiger partial charge in [0.15, 0.2) is 6.29 Å². The van der Waals surface area contributed by atoms with Crippen molar-refractivity contribution in [3.63, 3.8) is 0 Å². The molecular weight excluding hydrogens is 466 g/mol. The van der Waals surface area contributed by atoms with Crippen molar-refractivity contribution in [1.82, 2.24) is 5.32 Å². The van der Waals surface area contributed by atoms with E-state index in [4.69, 9.17) is 14.2 Å². The van der Waals surface area contributed by atoms with E-state index >= 15 is 0 Å². The van der Waals surface area contributed by atoms with Crippen molar-refractivity contribution in [2.45, 2.75) is 147 Å². The molecule has 5 N–H and O–H groups in total. The molecule has 1 rings (SSSR count). The molecule has 1 amide bonds. The zero-order chi connectivity index (χ0) is 26.8. The fourth-order valence-corrected chi connectivity index (χ4v) is 4.50. The summed E-state index contributed by atoms with van der Waals surface area (Å²) in [6, 6.07) is -0.877. The minimum absolute atomic E-state index is 0.178. The van der Waals surface area contributed by atoms with Gasteiger partial charge in [-0.1, -0.05) is 84.0 Å². The van der Waals surface area contributed by atoms with Gasteiger partial charge in [-0.3, -0.25) is 4.79 Å². The predicted molar refractivity (Wildman–Crippen MR) is 138 cm³/mol. The molecule has 0 saturated carbocycles. The van der Waals surface area contributed by atoms with Crippen LogP contribution in [-0.2, 0) is 19.0 Å². The summed E-state index contributed by atoms with van der Waals surface area (Å²) in [5.41, 5.74) is 0. The van der Waals surface area contributed by atoms with Crippen molar-refractivity contribution in [3.8, 4) is 0 Å². The third-order valence-corrected chi connectivity index (χ3v) is 6.74. The van der Waals surface area contributed by atoms with Crippen LogP contribution < -0.4 is 5.32 Å². The zero-order valence-electron chi connectivity index (χ0n) is 22.8. The summed E-state index contributed by atoms with van der Waals surface area (Å²) in [7, 11) is 0. The number of amides is 1. The lowest BCUT2D eigenvalue weighted by atomic mass is 9.99. The van der Waals surface area contributed by atoms with Crippen LogP contribution >= 0.6 is 0 Å². The van der Waals surface area contributed by atoms with E-state index in [9.17, 15) is 25.2 Å². The topological polar surface area (TPSA) is 138 Å². The standard InChI is InChI=1S/C27H53NO8/c1-4-5-6-7-8-9-10-11-12-13-14-15-16-23(31)25(32)22(28-21(3)30)19-35-27-26(33)24(17-29)34-18-20(2)36-27/h20,22-27,29,31-33H,4-19H2,1-3H3,(H,28,30)/t20?,22-,23+,24+,25?,26?,27-/m0/s1. The van der Waals surface area contributed by atoms with Gasteiger partial charge in [0.25, 0.3) is 0 Å². The molecule has 0 aliphatic carbocycles. The van der Waals surface area contributed by atoms with Crippen LogP contribution in [0.2, 0.25) is 0 Å². The quantitative estimate of drug-likeness (QED) is 0.155. The summed E-state index contributed by atoms with van der Waals surface area (Å²) < 4.78 is 16.7. The van der Waals surface area contributed by atoms with Crippen molar-refractivity contribution >= 4 is 5.91 Å². The fourth-order valence-electron chi connectivity index (χ4n) is 4.50. The summed E-state index contributed by atoms with van der Waals surface area (Å²) >= 11 is 0. The van der Waals surface area contributed by atoms with Gasteiger partial charge in [0, 0.05) is 6.92 Å². The number of carbonyl (C=O) groups is 1. The van der Waals surface area contributed by atoms with E-state index in [0.29, 0.717) is 6.42 Å². The number of aliphatic hydroxyl groups excluding tert-OH is 4. The third-order valence-electron chi connectivity index (χ3n) is 6.74. The molecule has 214 valence electrons. The average Bonchev–Trinajstić information content (AvgIpc) is 2.98. The molecule has 1 fully saturated rings. The molecule has 1 aliphatic heterocycles. The number of unbranched alkanes of at least 4 members (excludes halogenated alkanes) is 11. The molecule has 9 nitrogen and oxygen atoms in total. The number of ether oxygens (including phenoxy) is 3. The minimum atomic E-state index is -1.24. The summed E-state index contributed by atoms with van der Waals surface area (Å²) in [5, 5.41) is 43.7. The Morgan fingerprint density at radius 2 is 1.56 bits per heavy atom. The van der Waals surface area contributed by atoms with Crippen molar-refractivity contribution < 1.29 is 39.4 Å². The maximum atomic E-state index is 11.7. The predicted octanol–water partition coefficient (Wildman–Crippen LogP) is 2.80. The summed E-state index contributed by atoms with van der Waals surface area (Å²) in [6.07, 6.45) is 9.22. The molecule has 3 unspecified atom stereocenters. The van der Waals surface area contributed by atoms with E-state index in [-0.39, 0.29) is 25.2 Å². The van der Waals surface area contributed by atoms with E-state index in [1.807, 2.05) is 0 Å². The molecule has 0 aromatic carbocycles. The van der Waals surface area contributed by atoms with E-state index in [0.717, 1.165) is 19.3 Å². The van der Waals surface area contributed by atoms with E-state index < -0.39 is 43.4 Å². The lowest BCUT2D eigenvalue weighted by Gasteiger charge is -2.31. The zero-order valence-corrected chi connectivity index (χ0v) is 22.8. The molecule has 9 heteroatoms. The van der Waals surface area contributed by atoms with Gasteiger partial charge < -0.3 is 40.0 Å². The number of aliphatic hydroxyl groups is 4. The van der Waals surface area contributed by atoms with Crippen molar-refractivity contribution in [2.75, 3.05) is 19.8 Å². The van der Waals surface area contributed by atoms with Gasteiger partial charge in [0.2, 0.25) is 5.91 Å². The first-order valence-corrected chi connectivity index (χ1v) is 14.1. The number of hydrogen-bond donors (Lipinski definition) is 5. The second-order valence-electron chi connectivity index (χ2n) is 10.2. The highest BCUT2D eigenvalue weighted by Gasteiger charge is 2.36. The number of nitrogens with one attached hydrogen (secondary N) is 1.